The molecule has 1 aliphatic carbocycles. The number of ether oxygens (including phenoxy) is 1. The Morgan fingerprint density at radius 2 is 2.27 bits per heavy atom. The first-order valence-electron chi connectivity index (χ1n) is 5.84. The molecule has 0 aromatic rings. The minimum absolute atomic E-state index is 0.0463. The van der Waals surface area contributed by atoms with Crippen LogP contribution in [0.4, 0.5) is 0 Å². The molecule has 1 heterocycles. The van der Waals surface area contributed by atoms with E-state index < -0.39 is 0 Å². The van der Waals surface area contributed by atoms with Gasteiger partial charge in [-0.05, 0) is 31.1 Å². The van der Waals surface area contributed by atoms with Crippen LogP contribution in [0.3, 0.4) is 0 Å². The smallest absolute Gasteiger partial charge is 0.249 e. The van der Waals surface area contributed by atoms with Crippen LogP contribution < -0.4 is 11.1 Å². The minimum atomic E-state index is -0.257. The highest BCUT2D eigenvalue weighted by Crippen LogP contribution is 2.36. The van der Waals surface area contributed by atoms with E-state index in [9.17, 15) is 4.79 Å². The van der Waals surface area contributed by atoms with E-state index in [4.69, 9.17) is 10.5 Å². The van der Waals surface area contributed by atoms with Gasteiger partial charge in [0.2, 0.25) is 5.91 Å². The molecule has 2 aliphatic rings. The lowest BCUT2D eigenvalue weighted by Gasteiger charge is -2.12. The highest BCUT2D eigenvalue weighted by Gasteiger charge is 2.34. The Bertz CT molecular complexity index is 245. The van der Waals surface area contributed by atoms with Gasteiger partial charge in [0.15, 0.2) is 0 Å². The van der Waals surface area contributed by atoms with Gasteiger partial charge in [0.05, 0.1) is 6.10 Å². The van der Waals surface area contributed by atoms with Crippen LogP contribution >= 0.6 is 0 Å². The highest BCUT2D eigenvalue weighted by molar-refractivity contribution is 5.81. The van der Waals surface area contributed by atoms with Gasteiger partial charge in [0.1, 0.15) is 6.10 Å². The molecule has 1 saturated carbocycles. The van der Waals surface area contributed by atoms with Crippen molar-refractivity contribution in [2.75, 3.05) is 13.1 Å². The average Bonchev–Trinajstić information content (AvgIpc) is 2.78. The van der Waals surface area contributed by atoms with E-state index in [0.29, 0.717) is 12.5 Å². The zero-order valence-electron chi connectivity index (χ0n) is 9.24. The predicted molar refractivity (Wildman–Crippen MR) is 57.2 cm³/mol. The second-order valence-electron chi connectivity index (χ2n) is 4.78. The van der Waals surface area contributed by atoms with Crippen molar-refractivity contribution in [3.8, 4) is 0 Å². The van der Waals surface area contributed by atoms with Crippen LogP contribution in [0.2, 0.25) is 0 Å². The minimum Gasteiger partial charge on any atom is -0.364 e. The van der Waals surface area contributed by atoms with E-state index in [0.717, 1.165) is 25.3 Å². The first-order chi connectivity index (χ1) is 7.20. The maximum Gasteiger partial charge on any atom is 0.249 e. The standard InChI is InChI=1S/C11H20N2O2/c1-7-4-8(7)6-13-11(14)10-3-2-9(5-12)15-10/h7-10H,2-6,12H2,1H3,(H,13,14)/t7?,8?,9-,10+/m1/s1. The van der Waals surface area contributed by atoms with E-state index >= 15 is 0 Å². The van der Waals surface area contributed by atoms with Crippen LogP contribution in [0.25, 0.3) is 0 Å². The van der Waals surface area contributed by atoms with Gasteiger partial charge in [0, 0.05) is 13.1 Å². The summed E-state index contributed by atoms with van der Waals surface area (Å²) < 4.78 is 5.51. The first-order valence-corrected chi connectivity index (χ1v) is 5.84. The van der Waals surface area contributed by atoms with Crippen LogP contribution in [-0.2, 0) is 9.53 Å². The van der Waals surface area contributed by atoms with Crippen LogP contribution in [-0.4, -0.2) is 31.2 Å². The summed E-state index contributed by atoms with van der Waals surface area (Å²) in [6.07, 6.45) is 2.80. The molecule has 15 heavy (non-hydrogen) atoms. The van der Waals surface area contributed by atoms with E-state index in [2.05, 4.69) is 12.2 Å². The molecular formula is C11H20N2O2. The number of carbonyl (C=O) groups excluding carboxylic acids is 1. The monoisotopic (exact) mass is 212 g/mol. The lowest BCUT2D eigenvalue weighted by molar-refractivity contribution is -0.131. The van der Waals surface area contributed by atoms with E-state index in [1.54, 1.807) is 0 Å². The van der Waals surface area contributed by atoms with Crippen LogP contribution in [0.1, 0.15) is 26.2 Å². The van der Waals surface area contributed by atoms with Crippen molar-refractivity contribution in [3.05, 3.63) is 0 Å². The molecule has 1 aliphatic heterocycles. The van der Waals surface area contributed by atoms with E-state index in [1.807, 2.05) is 0 Å². The number of hydrogen-bond donors (Lipinski definition) is 2. The SMILES string of the molecule is CC1CC1CNC(=O)[C@@H]1CC[C@H](CN)O1. The Balaban J connectivity index is 1.67. The summed E-state index contributed by atoms with van der Waals surface area (Å²) in [5.74, 6) is 1.53. The van der Waals surface area contributed by atoms with Crippen molar-refractivity contribution in [1.82, 2.24) is 5.32 Å². The first kappa shape index (κ1) is 10.9. The van der Waals surface area contributed by atoms with Crippen molar-refractivity contribution in [2.45, 2.75) is 38.4 Å². The second kappa shape index (κ2) is 4.49. The van der Waals surface area contributed by atoms with Crippen LogP contribution in [0.15, 0.2) is 0 Å². The predicted octanol–water partition coefficient (Wildman–Crippen LogP) is 0.265. The molecule has 2 fully saturated rings. The summed E-state index contributed by atoms with van der Waals surface area (Å²) in [5.41, 5.74) is 5.49. The molecule has 4 heteroatoms. The fourth-order valence-corrected chi connectivity index (χ4v) is 2.10. The fourth-order valence-electron chi connectivity index (χ4n) is 2.10. The van der Waals surface area contributed by atoms with Crippen molar-refractivity contribution >= 4 is 5.91 Å². The molecule has 1 amide bonds. The molecule has 0 bridgehead atoms. The lowest BCUT2D eigenvalue weighted by atomic mass is 10.2. The normalized spacial score (nSPS) is 39.1. The number of hydrogen-bond acceptors (Lipinski definition) is 3. The number of nitrogens with one attached hydrogen (secondary N) is 1. The Kier molecular flexibility index (Phi) is 3.26. The summed E-state index contributed by atoms with van der Waals surface area (Å²) in [6.45, 7) is 3.55. The third-order valence-electron chi connectivity index (χ3n) is 3.48. The Morgan fingerprint density at radius 1 is 1.53 bits per heavy atom. The van der Waals surface area contributed by atoms with Gasteiger partial charge in [-0.25, -0.2) is 0 Å². The quantitative estimate of drug-likeness (QED) is 0.703. The third kappa shape index (κ3) is 2.69. The van der Waals surface area contributed by atoms with Gasteiger partial charge in [-0.15, -0.1) is 0 Å². The summed E-state index contributed by atoms with van der Waals surface area (Å²) in [5, 5.41) is 2.96. The van der Waals surface area contributed by atoms with Crippen molar-refractivity contribution in [3.63, 3.8) is 0 Å². The van der Waals surface area contributed by atoms with E-state index in [1.165, 1.54) is 6.42 Å². The average molecular weight is 212 g/mol. The molecule has 4 nitrogen and oxygen atoms in total. The topological polar surface area (TPSA) is 64.4 Å². The molecule has 4 atom stereocenters. The summed E-state index contributed by atoms with van der Waals surface area (Å²) in [6, 6.07) is 0. The molecule has 2 rings (SSSR count). The van der Waals surface area contributed by atoms with Crippen LogP contribution in [0, 0.1) is 11.8 Å². The van der Waals surface area contributed by atoms with Crippen molar-refractivity contribution < 1.29 is 9.53 Å². The van der Waals surface area contributed by atoms with Gasteiger partial charge in [-0.1, -0.05) is 6.92 Å². The number of nitrogens with two attached hydrogens (primary N) is 1. The molecule has 3 N–H and O–H groups in total. The zero-order chi connectivity index (χ0) is 10.8. The molecular weight excluding hydrogens is 192 g/mol. The molecule has 86 valence electrons. The molecule has 1 saturated heterocycles. The largest absolute Gasteiger partial charge is 0.364 e. The second-order valence-corrected chi connectivity index (χ2v) is 4.78. The molecule has 0 radical (unpaired) electrons. The molecule has 0 spiro atoms. The van der Waals surface area contributed by atoms with Gasteiger partial charge >= 0.3 is 0 Å². The van der Waals surface area contributed by atoms with Gasteiger partial charge in [-0.2, -0.15) is 0 Å². The Morgan fingerprint density at radius 3 is 2.80 bits per heavy atom. The Hall–Kier alpha value is -0.610. The van der Waals surface area contributed by atoms with Crippen molar-refractivity contribution in [2.24, 2.45) is 17.6 Å². The van der Waals surface area contributed by atoms with E-state index in [-0.39, 0.29) is 18.1 Å². The number of carbonyl (C=O) groups is 1. The van der Waals surface area contributed by atoms with Gasteiger partial charge in [0.25, 0.3) is 0 Å². The van der Waals surface area contributed by atoms with Crippen LogP contribution in [0.5, 0.6) is 0 Å². The molecule has 0 aromatic carbocycles. The summed E-state index contributed by atoms with van der Waals surface area (Å²) in [4.78, 5) is 11.7. The lowest BCUT2D eigenvalue weighted by Crippen LogP contribution is -2.36. The fraction of sp³-hybridized carbons (Fsp3) is 0.909. The highest BCUT2D eigenvalue weighted by atomic mass is 16.5. The number of amides is 1. The summed E-state index contributed by atoms with van der Waals surface area (Å²) >= 11 is 0. The number of rotatable bonds is 4. The third-order valence-corrected chi connectivity index (χ3v) is 3.48. The van der Waals surface area contributed by atoms with Gasteiger partial charge in [-0.3, -0.25) is 4.79 Å². The molecule has 2 unspecified atom stereocenters. The Labute approximate surface area is 90.5 Å². The van der Waals surface area contributed by atoms with Crippen molar-refractivity contribution in [1.29, 1.82) is 0 Å². The molecule has 0 aromatic heterocycles. The zero-order valence-corrected chi connectivity index (χ0v) is 9.24. The maximum atomic E-state index is 11.7. The maximum absolute atomic E-state index is 11.7. The summed E-state index contributed by atoms with van der Waals surface area (Å²) in [7, 11) is 0. The van der Waals surface area contributed by atoms with Gasteiger partial charge < -0.3 is 15.8 Å².